The van der Waals surface area contributed by atoms with Crippen molar-refractivity contribution in [3.63, 3.8) is 0 Å². The fraction of sp³-hybridized carbons (Fsp3) is 0.650. The molecule has 0 radical (unpaired) electrons. The van der Waals surface area contributed by atoms with Crippen LogP contribution in [0.5, 0.6) is 5.75 Å². The van der Waals surface area contributed by atoms with Crippen molar-refractivity contribution < 1.29 is 14.1 Å². The standard InChI is InChI=1S/C20H33O3P/c1-3-4-5-6-7-8-9-10-13-18-14-11-12-15-19(18)22-20(21)16-17(2)23-24/h11-12,14-15,17H,3-10,13,16,24H2,1-2H3. The lowest BCUT2D eigenvalue weighted by Crippen LogP contribution is -2.16. The van der Waals surface area contributed by atoms with Gasteiger partial charge in [0.15, 0.2) is 0 Å². The monoisotopic (exact) mass is 352 g/mol. The van der Waals surface area contributed by atoms with Crippen molar-refractivity contribution in [2.45, 2.75) is 84.2 Å². The van der Waals surface area contributed by atoms with Crippen molar-refractivity contribution >= 4 is 15.4 Å². The van der Waals surface area contributed by atoms with Gasteiger partial charge < -0.3 is 9.26 Å². The van der Waals surface area contributed by atoms with E-state index in [4.69, 9.17) is 9.26 Å². The molecule has 0 aromatic heterocycles. The summed E-state index contributed by atoms with van der Waals surface area (Å²) in [6.45, 7) is 4.10. The first kappa shape index (κ1) is 21.1. The number of para-hydroxylation sites is 1. The van der Waals surface area contributed by atoms with E-state index in [9.17, 15) is 4.79 Å². The average molecular weight is 352 g/mol. The molecule has 1 aromatic carbocycles. The summed E-state index contributed by atoms with van der Waals surface area (Å²) in [5, 5.41) is 0. The van der Waals surface area contributed by atoms with Gasteiger partial charge in [0, 0.05) is 9.47 Å². The summed E-state index contributed by atoms with van der Waals surface area (Å²) < 4.78 is 10.5. The van der Waals surface area contributed by atoms with E-state index in [-0.39, 0.29) is 18.5 Å². The fourth-order valence-electron chi connectivity index (χ4n) is 2.71. The number of hydrogen-bond donors (Lipinski definition) is 0. The minimum absolute atomic E-state index is 0.151. The fourth-order valence-corrected chi connectivity index (χ4v) is 2.80. The van der Waals surface area contributed by atoms with E-state index in [0.29, 0.717) is 5.75 Å². The Morgan fingerprint density at radius 1 is 1.04 bits per heavy atom. The van der Waals surface area contributed by atoms with Gasteiger partial charge in [-0.05, 0) is 31.4 Å². The molecule has 4 heteroatoms. The van der Waals surface area contributed by atoms with Crippen molar-refractivity contribution in [2.75, 3.05) is 0 Å². The summed E-state index contributed by atoms with van der Waals surface area (Å²) in [4.78, 5) is 11.9. The second-order valence-electron chi connectivity index (χ2n) is 6.46. The third-order valence-electron chi connectivity index (χ3n) is 4.18. The maximum absolute atomic E-state index is 11.9. The molecule has 2 atom stereocenters. The van der Waals surface area contributed by atoms with E-state index in [1.54, 1.807) is 0 Å². The number of unbranched alkanes of at least 4 members (excludes halogenated alkanes) is 7. The highest BCUT2D eigenvalue weighted by Gasteiger charge is 2.12. The SMILES string of the molecule is CCCCCCCCCCc1ccccc1OC(=O)CC(C)OP. The molecule has 0 amide bonds. The number of aryl methyl sites for hydroxylation is 1. The van der Waals surface area contributed by atoms with Crippen LogP contribution in [0.3, 0.4) is 0 Å². The number of ether oxygens (including phenoxy) is 1. The van der Waals surface area contributed by atoms with Gasteiger partial charge in [-0.3, -0.25) is 4.79 Å². The maximum Gasteiger partial charge on any atom is 0.313 e. The molecular formula is C20H33O3P. The molecule has 1 rings (SSSR count). The molecule has 1 aromatic rings. The third kappa shape index (κ3) is 9.39. The van der Waals surface area contributed by atoms with E-state index < -0.39 is 0 Å². The lowest BCUT2D eigenvalue weighted by molar-refractivity contribution is -0.135. The van der Waals surface area contributed by atoms with E-state index in [2.05, 4.69) is 22.5 Å². The Bertz CT molecular complexity index is 462. The predicted octanol–water partition coefficient (Wildman–Crippen LogP) is 5.86. The Kier molecular flexibility index (Phi) is 11.8. The van der Waals surface area contributed by atoms with Crippen LogP contribution in [0.1, 0.15) is 77.2 Å². The molecule has 0 saturated heterocycles. The molecule has 0 N–H and O–H groups in total. The minimum Gasteiger partial charge on any atom is -0.426 e. The van der Waals surface area contributed by atoms with Gasteiger partial charge in [-0.1, -0.05) is 70.1 Å². The Balaban J connectivity index is 2.31. The molecular weight excluding hydrogens is 319 g/mol. The Hall–Kier alpha value is -0.920. The molecule has 0 saturated carbocycles. The highest BCUT2D eigenvalue weighted by Crippen LogP contribution is 2.22. The van der Waals surface area contributed by atoms with E-state index >= 15 is 0 Å². The van der Waals surface area contributed by atoms with Crippen molar-refractivity contribution in [3.05, 3.63) is 29.8 Å². The summed E-state index contributed by atoms with van der Waals surface area (Å²) in [5.74, 6) is 0.453. The van der Waals surface area contributed by atoms with Gasteiger partial charge in [0.2, 0.25) is 0 Å². The Morgan fingerprint density at radius 2 is 1.67 bits per heavy atom. The van der Waals surface area contributed by atoms with Crippen LogP contribution in [0, 0.1) is 0 Å². The van der Waals surface area contributed by atoms with Crippen LogP contribution in [-0.2, 0) is 15.7 Å². The number of hydrogen-bond acceptors (Lipinski definition) is 3. The average Bonchev–Trinajstić information content (AvgIpc) is 2.58. The van der Waals surface area contributed by atoms with Crippen LogP contribution in [0.2, 0.25) is 0 Å². The van der Waals surface area contributed by atoms with Crippen LogP contribution in [0.15, 0.2) is 24.3 Å². The third-order valence-corrected chi connectivity index (χ3v) is 4.65. The smallest absolute Gasteiger partial charge is 0.313 e. The van der Waals surface area contributed by atoms with Crippen LogP contribution in [-0.4, -0.2) is 12.1 Å². The van der Waals surface area contributed by atoms with Gasteiger partial charge in [-0.15, -0.1) is 0 Å². The van der Waals surface area contributed by atoms with Crippen molar-refractivity contribution in [3.8, 4) is 5.75 Å². The van der Waals surface area contributed by atoms with E-state index in [1.165, 1.54) is 44.9 Å². The van der Waals surface area contributed by atoms with Crippen LogP contribution in [0.4, 0.5) is 0 Å². The molecule has 24 heavy (non-hydrogen) atoms. The molecule has 0 spiro atoms. The second-order valence-corrected chi connectivity index (χ2v) is 6.73. The van der Waals surface area contributed by atoms with Gasteiger partial charge in [0.05, 0.1) is 12.5 Å². The topological polar surface area (TPSA) is 35.5 Å². The summed E-state index contributed by atoms with van der Waals surface area (Å²) in [7, 11) is 2.18. The number of rotatable bonds is 13. The van der Waals surface area contributed by atoms with Gasteiger partial charge >= 0.3 is 5.97 Å². The summed E-state index contributed by atoms with van der Waals surface area (Å²) in [6, 6.07) is 7.85. The lowest BCUT2D eigenvalue weighted by atomic mass is 10.0. The first-order valence-electron chi connectivity index (χ1n) is 9.31. The highest BCUT2D eigenvalue weighted by atomic mass is 31.0. The zero-order valence-electron chi connectivity index (χ0n) is 15.3. The van der Waals surface area contributed by atoms with Crippen molar-refractivity contribution in [2.24, 2.45) is 0 Å². The zero-order valence-corrected chi connectivity index (χ0v) is 16.4. The van der Waals surface area contributed by atoms with E-state index in [1.807, 2.05) is 25.1 Å². The van der Waals surface area contributed by atoms with Crippen LogP contribution in [0.25, 0.3) is 0 Å². The van der Waals surface area contributed by atoms with Crippen LogP contribution < -0.4 is 4.74 Å². The van der Waals surface area contributed by atoms with Gasteiger partial charge in [-0.25, -0.2) is 0 Å². The molecule has 0 aliphatic heterocycles. The number of carbonyl (C=O) groups is 1. The largest absolute Gasteiger partial charge is 0.426 e. The lowest BCUT2D eigenvalue weighted by Gasteiger charge is -2.12. The van der Waals surface area contributed by atoms with Gasteiger partial charge in [-0.2, -0.15) is 0 Å². The quantitative estimate of drug-likeness (QED) is 0.193. The molecule has 136 valence electrons. The highest BCUT2D eigenvalue weighted by molar-refractivity contribution is 7.09. The van der Waals surface area contributed by atoms with Crippen molar-refractivity contribution in [1.82, 2.24) is 0 Å². The molecule has 0 bridgehead atoms. The summed E-state index contributed by atoms with van der Waals surface area (Å²) in [6.07, 6.45) is 11.5. The first-order chi connectivity index (χ1) is 11.7. The maximum atomic E-state index is 11.9. The molecule has 2 unspecified atom stereocenters. The van der Waals surface area contributed by atoms with Crippen LogP contribution >= 0.6 is 9.47 Å². The van der Waals surface area contributed by atoms with Gasteiger partial charge in [0.25, 0.3) is 0 Å². The number of carbonyl (C=O) groups excluding carboxylic acids is 1. The second kappa shape index (κ2) is 13.4. The minimum atomic E-state index is -0.242. The molecule has 0 fully saturated rings. The van der Waals surface area contributed by atoms with E-state index in [0.717, 1.165) is 18.4 Å². The molecule has 0 heterocycles. The number of esters is 1. The van der Waals surface area contributed by atoms with Crippen molar-refractivity contribution in [1.29, 1.82) is 0 Å². The van der Waals surface area contributed by atoms with Gasteiger partial charge in [0.1, 0.15) is 5.75 Å². The predicted molar refractivity (Wildman–Crippen MR) is 103 cm³/mol. The zero-order chi connectivity index (χ0) is 17.6. The number of benzene rings is 1. The summed E-state index contributed by atoms with van der Waals surface area (Å²) in [5.41, 5.74) is 1.12. The Morgan fingerprint density at radius 3 is 2.33 bits per heavy atom. The first-order valence-corrected chi connectivity index (χ1v) is 9.78. The normalized spacial score (nSPS) is 12.1. The molecule has 0 aliphatic carbocycles. The molecule has 0 aliphatic rings. The summed E-state index contributed by atoms with van der Waals surface area (Å²) >= 11 is 0. The Labute approximate surface area is 149 Å². The molecule has 3 nitrogen and oxygen atoms in total.